The van der Waals surface area contributed by atoms with E-state index in [9.17, 15) is 4.79 Å². The summed E-state index contributed by atoms with van der Waals surface area (Å²) in [4.78, 5) is 24.6. The smallest absolute Gasteiger partial charge is 0.337 e. The molecule has 32 heavy (non-hydrogen) atoms. The topological polar surface area (TPSA) is 95.5 Å². The van der Waals surface area contributed by atoms with Crippen LogP contribution in [0.3, 0.4) is 0 Å². The van der Waals surface area contributed by atoms with Crippen LogP contribution in [0.15, 0.2) is 78.9 Å². The van der Waals surface area contributed by atoms with Crippen LogP contribution in [0, 0.1) is 0 Å². The lowest BCUT2D eigenvalue weighted by Crippen LogP contribution is -2.05. The highest BCUT2D eigenvalue weighted by Gasteiger charge is 2.12. The molecule has 0 saturated carbocycles. The molecule has 0 unspecified atom stereocenters. The van der Waals surface area contributed by atoms with E-state index in [1.807, 2.05) is 18.2 Å². The average Bonchev–Trinajstić information content (AvgIpc) is 2.81. The van der Waals surface area contributed by atoms with Crippen molar-refractivity contribution in [3.63, 3.8) is 0 Å². The van der Waals surface area contributed by atoms with Crippen molar-refractivity contribution >= 4 is 29.2 Å². The number of ether oxygens (including phenoxy) is 3. The van der Waals surface area contributed by atoms with Crippen molar-refractivity contribution in [3.8, 4) is 23.5 Å². The number of hydrogen-bond donors (Lipinski definition) is 1. The van der Waals surface area contributed by atoms with Crippen molar-refractivity contribution in [1.29, 1.82) is 0 Å². The summed E-state index contributed by atoms with van der Waals surface area (Å²) < 4.78 is 16.3. The molecule has 4 rings (SSSR count). The number of rotatable bonds is 7. The van der Waals surface area contributed by atoms with Gasteiger partial charge in [-0.15, -0.1) is 4.98 Å². The first-order chi connectivity index (χ1) is 15.6. The summed E-state index contributed by atoms with van der Waals surface area (Å²) in [5, 5.41) is 3.61. The maximum absolute atomic E-state index is 11.8. The molecule has 0 aliphatic rings. The van der Waals surface area contributed by atoms with Crippen molar-refractivity contribution in [2.75, 3.05) is 12.4 Å². The third-order valence-electron chi connectivity index (χ3n) is 4.11. The Morgan fingerprint density at radius 3 is 2.12 bits per heavy atom. The number of benzene rings is 3. The van der Waals surface area contributed by atoms with E-state index in [0.717, 1.165) is 0 Å². The van der Waals surface area contributed by atoms with Gasteiger partial charge in [-0.25, -0.2) is 4.79 Å². The Bertz CT molecular complexity index is 1220. The molecule has 160 valence electrons. The Labute approximate surface area is 188 Å². The lowest BCUT2D eigenvalue weighted by atomic mass is 10.2. The number of nitrogens with one attached hydrogen (secondary N) is 1. The Balaban J connectivity index is 1.64. The molecule has 0 bridgehead atoms. The molecule has 0 aliphatic carbocycles. The van der Waals surface area contributed by atoms with Gasteiger partial charge < -0.3 is 19.5 Å². The highest BCUT2D eigenvalue weighted by molar-refractivity contribution is 6.30. The number of carbonyl (C=O) groups is 1. The van der Waals surface area contributed by atoms with Crippen LogP contribution in [-0.2, 0) is 4.74 Å². The van der Waals surface area contributed by atoms with Crippen LogP contribution < -0.4 is 14.8 Å². The first kappa shape index (κ1) is 21.1. The zero-order valence-electron chi connectivity index (χ0n) is 16.9. The molecule has 3 aromatic carbocycles. The molecular weight excluding hydrogens is 432 g/mol. The summed E-state index contributed by atoms with van der Waals surface area (Å²) >= 11 is 5.93. The average molecular weight is 449 g/mol. The Morgan fingerprint density at radius 1 is 0.812 bits per heavy atom. The van der Waals surface area contributed by atoms with Crippen molar-refractivity contribution in [2.24, 2.45) is 0 Å². The molecule has 1 N–H and O–H groups in total. The van der Waals surface area contributed by atoms with E-state index in [1.165, 1.54) is 7.11 Å². The molecule has 9 heteroatoms. The third kappa shape index (κ3) is 5.50. The van der Waals surface area contributed by atoms with Gasteiger partial charge in [0.25, 0.3) is 0 Å². The van der Waals surface area contributed by atoms with Crippen LogP contribution in [0.4, 0.5) is 11.6 Å². The van der Waals surface area contributed by atoms with E-state index in [0.29, 0.717) is 27.8 Å². The van der Waals surface area contributed by atoms with Crippen LogP contribution in [-0.4, -0.2) is 28.0 Å². The maximum atomic E-state index is 11.8. The molecule has 1 aromatic heterocycles. The molecule has 0 radical (unpaired) electrons. The number of carbonyl (C=O) groups excluding carboxylic acids is 1. The van der Waals surface area contributed by atoms with Gasteiger partial charge in [0.05, 0.1) is 12.7 Å². The normalized spacial score (nSPS) is 10.3. The second-order valence-electron chi connectivity index (χ2n) is 6.39. The van der Waals surface area contributed by atoms with Crippen LogP contribution in [0.25, 0.3) is 0 Å². The molecule has 0 spiro atoms. The highest BCUT2D eigenvalue weighted by atomic mass is 35.5. The first-order valence-corrected chi connectivity index (χ1v) is 9.84. The summed E-state index contributed by atoms with van der Waals surface area (Å²) in [6, 6.07) is 22.6. The number of aromatic nitrogens is 3. The quantitative estimate of drug-likeness (QED) is 0.363. The molecule has 8 nitrogen and oxygen atoms in total. The number of methoxy groups -OCH3 is 1. The number of esters is 1. The predicted octanol–water partition coefficient (Wildman–Crippen LogP) is 5.64. The lowest BCUT2D eigenvalue weighted by Gasteiger charge is -2.11. The molecule has 0 atom stereocenters. The van der Waals surface area contributed by atoms with Crippen LogP contribution in [0.1, 0.15) is 10.4 Å². The van der Waals surface area contributed by atoms with Crippen LogP contribution in [0.2, 0.25) is 5.02 Å². The molecule has 4 aromatic rings. The SMILES string of the molecule is COC(=O)c1cccc(Nc2nc(Oc3ccccc3)nc(Oc3ccc(Cl)cc3)n2)c1. The van der Waals surface area contributed by atoms with Gasteiger partial charge in [-0.1, -0.05) is 35.9 Å². The minimum Gasteiger partial charge on any atom is -0.465 e. The summed E-state index contributed by atoms with van der Waals surface area (Å²) in [7, 11) is 1.32. The van der Waals surface area contributed by atoms with Gasteiger partial charge in [0, 0.05) is 10.7 Å². The van der Waals surface area contributed by atoms with Gasteiger partial charge in [0.15, 0.2) is 0 Å². The van der Waals surface area contributed by atoms with Crippen LogP contribution >= 0.6 is 11.6 Å². The second kappa shape index (κ2) is 9.76. The van der Waals surface area contributed by atoms with Crippen LogP contribution in [0.5, 0.6) is 23.5 Å². The molecule has 0 amide bonds. The Kier molecular flexibility index (Phi) is 6.43. The van der Waals surface area contributed by atoms with E-state index in [1.54, 1.807) is 60.7 Å². The van der Waals surface area contributed by atoms with Gasteiger partial charge in [0.2, 0.25) is 5.95 Å². The van der Waals surface area contributed by atoms with E-state index >= 15 is 0 Å². The molecule has 0 fully saturated rings. The minimum atomic E-state index is -0.454. The standard InChI is InChI=1S/C23H17ClN4O4/c1-30-20(29)15-6-5-7-17(14-15)25-21-26-22(31-18-8-3-2-4-9-18)28-23(27-21)32-19-12-10-16(24)11-13-19/h2-14H,1H3,(H,25,26,27,28). The fourth-order valence-electron chi connectivity index (χ4n) is 2.66. The summed E-state index contributed by atoms with van der Waals surface area (Å²) in [6.45, 7) is 0. The van der Waals surface area contributed by atoms with Crippen molar-refractivity contribution in [2.45, 2.75) is 0 Å². The first-order valence-electron chi connectivity index (χ1n) is 9.47. The van der Waals surface area contributed by atoms with Gasteiger partial charge in [0.1, 0.15) is 11.5 Å². The van der Waals surface area contributed by atoms with Gasteiger partial charge in [-0.2, -0.15) is 9.97 Å². The minimum absolute atomic E-state index is 0.0138. The lowest BCUT2D eigenvalue weighted by molar-refractivity contribution is 0.0601. The third-order valence-corrected chi connectivity index (χ3v) is 4.36. The number of halogens is 1. The van der Waals surface area contributed by atoms with Gasteiger partial charge >= 0.3 is 18.0 Å². The summed E-state index contributed by atoms with van der Waals surface area (Å²) in [6.07, 6.45) is 0. The van der Waals surface area contributed by atoms with Crippen molar-refractivity contribution in [1.82, 2.24) is 15.0 Å². The maximum Gasteiger partial charge on any atom is 0.337 e. The zero-order chi connectivity index (χ0) is 22.3. The highest BCUT2D eigenvalue weighted by Crippen LogP contribution is 2.26. The largest absolute Gasteiger partial charge is 0.465 e. The van der Waals surface area contributed by atoms with Gasteiger partial charge in [-0.3, -0.25) is 0 Å². The van der Waals surface area contributed by atoms with Crippen molar-refractivity contribution in [3.05, 3.63) is 89.4 Å². The Morgan fingerprint density at radius 2 is 1.47 bits per heavy atom. The number of hydrogen-bond acceptors (Lipinski definition) is 8. The zero-order valence-corrected chi connectivity index (χ0v) is 17.6. The van der Waals surface area contributed by atoms with E-state index in [-0.39, 0.29) is 18.0 Å². The number of anilines is 2. The monoisotopic (exact) mass is 448 g/mol. The Hall–Kier alpha value is -4.17. The molecule has 1 heterocycles. The van der Waals surface area contributed by atoms with Gasteiger partial charge in [-0.05, 0) is 54.6 Å². The van der Waals surface area contributed by atoms with E-state index < -0.39 is 5.97 Å². The fraction of sp³-hybridized carbons (Fsp3) is 0.0435. The fourth-order valence-corrected chi connectivity index (χ4v) is 2.78. The van der Waals surface area contributed by atoms with E-state index in [2.05, 4.69) is 20.3 Å². The predicted molar refractivity (Wildman–Crippen MR) is 119 cm³/mol. The summed E-state index contributed by atoms with van der Waals surface area (Å²) in [5.74, 6) is 0.751. The second-order valence-corrected chi connectivity index (χ2v) is 6.83. The molecule has 0 saturated heterocycles. The summed E-state index contributed by atoms with van der Waals surface area (Å²) in [5.41, 5.74) is 0.951. The molecular formula is C23H17ClN4O4. The molecule has 0 aliphatic heterocycles. The number of nitrogens with zero attached hydrogens (tertiary/aromatic N) is 3. The number of para-hydroxylation sites is 1. The van der Waals surface area contributed by atoms with E-state index in [4.69, 9.17) is 25.8 Å². The van der Waals surface area contributed by atoms with Crippen molar-refractivity contribution < 1.29 is 19.0 Å².